The van der Waals surface area contributed by atoms with Gasteiger partial charge in [-0.3, -0.25) is 4.99 Å². The lowest BCUT2D eigenvalue weighted by molar-refractivity contribution is 0.0794. The van der Waals surface area contributed by atoms with E-state index in [2.05, 4.69) is 28.7 Å². The van der Waals surface area contributed by atoms with E-state index in [-0.39, 0.29) is 4.75 Å². The van der Waals surface area contributed by atoms with Crippen molar-refractivity contribution in [3.8, 4) is 0 Å². The molecule has 1 saturated carbocycles. The Kier molecular flexibility index (Phi) is 7.94. The molecule has 1 unspecified atom stereocenters. The normalized spacial score (nSPS) is 27.8. The number of aliphatic imine (C=N–C) groups is 1. The Labute approximate surface area is 164 Å². The van der Waals surface area contributed by atoms with E-state index in [1.54, 1.807) is 0 Å². The second-order valence-corrected chi connectivity index (χ2v) is 9.51. The Morgan fingerprint density at radius 2 is 2.00 bits per heavy atom. The smallest absolute Gasteiger partial charge is 0.191 e. The van der Waals surface area contributed by atoms with Crippen LogP contribution >= 0.6 is 11.8 Å². The molecule has 6 heteroatoms. The molecule has 2 heterocycles. The predicted octanol–water partition coefficient (Wildman–Crippen LogP) is 2.72. The van der Waals surface area contributed by atoms with Crippen molar-refractivity contribution in [1.82, 2.24) is 15.5 Å². The van der Waals surface area contributed by atoms with Crippen molar-refractivity contribution in [3.63, 3.8) is 0 Å². The van der Waals surface area contributed by atoms with Crippen molar-refractivity contribution in [2.45, 2.75) is 62.7 Å². The molecule has 0 aromatic rings. The molecule has 0 amide bonds. The van der Waals surface area contributed by atoms with Crippen molar-refractivity contribution in [2.75, 3.05) is 52.2 Å². The zero-order valence-corrected chi connectivity index (χ0v) is 17.6. The summed E-state index contributed by atoms with van der Waals surface area (Å²) in [6.07, 6.45) is 11.4. The minimum absolute atomic E-state index is 0.255. The van der Waals surface area contributed by atoms with E-state index in [9.17, 15) is 0 Å². The summed E-state index contributed by atoms with van der Waals surface area (Å²) in [6.45, 7) is 9.41. The molecule has 3 rings (SSSR count). The van der Waals surface area contributed by atoms with Gasteiger partial charge in [-0.2, -0.15) is 11.8 Å². The number of nitrogens with zero attached hydrogens (tertiary/aromatic N) is 2. The molecule has 3 fully saturated rings. The molecule has 150 valence electrons. The van der Waals surface area contributed by atoms with Crippen LogP contribution in [-0.2, 0) is 4.74 Å². The lowest BCUT2D eigenvalue weighted by Crippen LogP contribution is -2.46. The quantitative estimate of drug-likeness (QED) is 0.524. The van der Waals surface area contributed by atoms with E-state index in [1.807, 2.05) is 11.8 Å². The number of hydrogen-bond donors (Lipinski definition) is 2. The SMILES string of the molecule is CCNC(=NCC1(SC)CCOCC1)NC1CCN(CC2CCCC2)C1. The zero-order valence-electron chi connectivity index (χ0n) is 16.8. The number of nitrogens with one attached hydrogen (secondary N) is 2. The van der Waals surface area contributed by atoms with Gasteiger partial charge < -0.3 is 20.3 Å². The first-order chi connectivity index (χ1) is 12.7. The molecule has 0 aromatic heterocycles. The van der Waals surface area contributed by atoms with Gasteiger partial charge >= 0.3 is 0 Å². The average Bonchev–Trinajstić information content (AvgIpc) is 3.33. The van der Waals surface area contributed by atoms with Crippen molar-refractivity contribution in [2.24, 2.45) is 10.9 Å². The van der Waals surface area contributed by atoms with Gasteiger partial charge in [0, 0.05) is 50.2 Å². The summed E-state index contributed by atoms with van der Waals surface area (Å²) in [5.41, 5.74) is 0. The van der Waals surface area contributed by atoms with Crippen LogP contribution in [0.5, 0.6) is 0 Å². The molecular weight excluding hydrogens is 344 g/mol. The highest BCUT2D eigenvalue weighted by Crippen LogP contribution is 2.34. The fourth-order valence-electron chi connectivity index (χ4n) is 4.58. The highest BCUT2D eigenvalue weighted by Gasteiger charge is 2.32. The van der Waals surface area contributed by atoms with Crippen LogP contribution in [0, 0.1) is 5.92 Å². The summed E-state index contributed by atoms with van der Waals surface area (Å²) < 4.78 is 5.81. The van der Waals surface area contributed by atoms with Gasteiger partial charge in [0.05, 0.1) is 6.54 Å². The molecule has 2 saturated heterocycles. The predicted molar refractivity (Wildman–Crippen MR) is 112 cm³/mol. The van der Waals surface area contributed by atoms with Crippen LogP contribution in [0.1, 0.15) is 51.9 Å². The van der Waals surface area contributed by atoms with E-state index in [4.69, 9.17) is 9.73 Å². The highest BCUT2D eigenvalue weighted by molar-refractivity contribution is 8.00. The monoisotopic (exact) mass is 382 g/mol. The van der Waals surface area contributed by atoms with E-state index in [1.165, 1.54) is 51.7 Å². The number of hydrogen-bond acceptors (Lipinski definition) is 4. The number of rotatable bonds is 7. The third-order valence-electron chi connectivity index (χ3n) is 6.31. The van der Waals surface area contributed by atoms with Crippen LogP contribution in [0.2, 0.25) is 0 Å². The first kappa shape index (κ1) is 20.3. The fraction of sp³-hybridized carbons (Fsp3) is 0.950. The van der Waals surface area contributed by atoms with Crippen molar-refractivity contribution in [3.05, 3.63) is 0 Å². The Hall–Kier alpha value is -0.460. The van der Waals surface area contributed by atoms with Crippen LogP contribution < -0.4 is 10.6 Å². The topological polar surface area (TPSA) is 48.9 Å². The number of thioether (sulfide) groups is 1. The van der Waals surface area contributed by atoms with Gasteiger partial charge in [-0.15, -0.1) is 0 Å². The van der Waals surface area contributed by atoms with Gasteiger partial charge in [-0.1, -0.05) is 12.8 Å². The molecule has 0 radical (unpaired) electrons. The second-order valence-electron chi connectivity index (χ2n) is 8.23. The number of likely N-dealkylation sites (tertiary alicyclic amines) is 1. The summed E-state index contributed by atoms with van der Waals surface area (Å²) in [6, 6.07) is 0.536. The molecule has 0 spiro atoms. The Bertz CT molecular complexity index is 447. The standard InChI is InChI=1S/C20H38N4OS/c1-3-21-19(22-16-20(26-2)9-12-25-13-10-20)23-18-8-11-24(15-18)14-17-6-4-5-7-17/h17-18H,3-16H2,1-2H3,(H2,21,22,23). The van der Waals surface area contributed by atoms with Crippen LogP contribution in [0.3, 0.4) is 0 Å². The van der Waals surface area contributed by atoms with Crippen molar-refractivity contribution in [1.29, 1.82) is 0 Å². The number of guanidine groups is 1. The summed E-state index contributed by atoms with van der Waals surface area (Å²) in [5.74, 6) is 1.95. The third kappa shape index (κ3) is 5.77. The Morgan fingerprint density at radius 3 is 2.69 bits per heavy atom. The molecule has 0 aromatic carbocycles. The fourth-order valence-corrected chi connectivity index (χ4v) is 5.35. The van der Waals surface area contributed by atoms with Crippen LogP contribution in [0.25, 0.3) is 0 Å². The molecule has 0 bridgehead atoms. The molecule has 2 aliphatic heterocycles. The lowest BCUT2D eigenvalue weighted by atomic mass is 9.99. The maximum absolute atomic E-state index is 5.56. The Balaban J connectivity index is 1.49. The van der Waals surface area contributed by atoms with Gasteiger partial charge in [0.25, 0.3) is 0 Å². The van der Waals surface area contributed by atoms with E-state index in [0.717, 1.165) is 51.0 Å². The van der Waals surface area contributed by atoms with Crippen molar-refractivity contribution >= 4 is 17.7 Å². The maximum Gasteiger partial charge on any atom is 0.191 e. The molecule has 26 heavy (non-hydrogen) atoms. The molecule has 2 N–H and O–H groups in total. The summed E-state index contributed by atoms with van der Waals surface area (Å²) >= 11 is 1.96. The minimum Gasteiger partial charge on any atom is -0.381 e. The van der Waals surface area contributed by atoms with E-state index in [0.29, 0.717) is 6.04 Å². The summed E-state index contributed by atoms with van der Waals surface area (Å²) in [4.78, 5) is 7.64. The van der Waals surface area contributed by atoms with Gasteiger partial charge in [-0.25, -0.2) is 0 Å². The van der Waals surface area contributed by atoms with Gasteiger partial charge in [-0.05, 0) is 51.2 Å². The molecule has 1 aliphatic carbocycles. The van der Waals surface area contributed by atoms with Crippen LogP contribution in [-0.4, -0.2) is 73.8 Å². The van der Waals surface area contributed by atoms with Gasteiger partial charge in [0.1, 0.15) is 0 Å². The molecule has 1 atom stereocenters. The zero-order chi connectivity index (χ0) is 18.2. The molecule has 3 aliphatic rings. The molecular formula is C20H38N4OS. The van der Waals surface area contributed by atoms with E-state index >= 15 is 0 Å². The van der Waals surface area contributed by atoms with Gasteiger partial charge in [0.2, 0.25) is 0 Å². The third-order valence-corrected chi connectivity index (χ3v) is 7.71. The highest BCUT2D eigenvalue weighted by atomic mass is 32.2. The van der Waals surface area contributed by atoms with Crippen molar-refractivity contribution < 1.29 is 4.74 Å². The largest absolute Gasteiger partial charge is 0.381 e. The second kappa shape index (κ2) is 10.2. The van der Waals surface area contributed by atoms with E-state index < -0.39 is 0 Å². The average molecular weight is 383 g/mol. The van der Waals surface area contributed by atoms with Crippen LogP contribution in [0.15, 0.2) is 4.99 Å². The van der Waals surface area contributed by atoms with Gasteiger partial charge in [0.15, 0.2) is 5.96 Å². The summed E-state index contributed by atoms with van der Waals surface area (Å²) in [5, 5.41) is 7.17. The Morgan fingerprint density at radius 1 is 1.23 bits per heavy atom. The molecule has 5 nitrogen and oxygen atoms in total. The minimum atomic E-state index is 0.255. The first-order valence-corrected chi connectivity index (χ1v) is 11.9. The number of ether oxygens (including phenoxy) is 1. The lowest BCUT2D eigenvalue weighted by Gasteiger charge is -2.34. The summed E-state index contributed by atoms with van der Waals surface area (Å²) in [7, 11) is 0. The van der Waals surface area contributed by atoms with Crippen LogP contribution in [0.4, 0.5) is 0 Å². The maximum atomic E-state index is 5.56. The first-order valence-electron chi connectivity index (χ1n) is 10.6.